The molecule has 0 spiro atoms. The molecule has 1 fully saturated rings. The number of benzene rings is 1. The Morgan fingerprint density at radius 2 is 2.29 bits per heavy atom. The minimum absolute atomic E-state index is 0.291. The number of methoxy groups -OCH3 is 1. The molecule has 0 heterocycles. The van der Waals surface area contributed by atoms with Gasteiger partial charge in [0.25, 0.3) is 0 Å². The third-order valence-corrected chi connectivity index (χ3v) is 4.45. The van der Waals surface area contributed by atoms with Crippen molar-refractivity contribution < 1.29 is 4.74 Å². The lowest BCUT2D eigenvalue weighted by Crippen LogP contribution is -2.18. The molecule has 92 valence electrons. The standard InChI is InChI=1S/C13H18N2OS/c1-16-10-3-2-4-11(7-10)17-9-13(5-6-13)8-12(14)15/h2-4,7H,5-6,8-9H2,1H3,(H3,14,15). The topological polar surface area (TPSA) is 59.1 Å². The molecule has 0 bridgehead atoms. The molecule has 4 heteroatoms. The molecule has 0 unspecified atom stereocenters. The Bertz CT molecular complexity index is 416. The van der Waals surface area contributed by atoms with Crippen LogP contribution < -0.4 is 10.5 Å². The van der Waals surface area contributed by atoms with E-state index >= 15 is 0 Å². The lowest BCUT2D eigenvalue weighted by Gasteiger charge is -2.13. The molecular formula is C13H18N2OS. The molecule has 0 radical (unpaired) electrons. The highest BCUT2D eigenvalue weighted by Crippen LogP contribution is 2.51. The van der Waals surface area contributed by atoms with E-state index in [9.17, 15) is 0 Å². The van der Waals surface area contributed by atoms with E-state index in [1.165, 1.54) is 17.7 Å². The number of rotatable bonds is 6. The van der Waals surface area contributed by atoms with Crippen LogP contribution in [-0.2, 0) is 0 Å². The summed E-state index contributed by atoms with van der Waals surface area (Å²) in [6.07, 6.45) is 3.14. The van der Waals surface area contributed by atoms with Gasteiger partial charge in [0.05, 0.1) is 12.9 Å². The Labute approximate surface area is 106 Å². The molecule has 3 N–H and O–H groups in total. The summed E-state index contributed by atoms with van der Waals surface area (Å²) in [6.45, 7) is 0. The number of nitrogens with one attached hydrogen (secondary N) is 1. The van der Waals surface area contributed by atoms with Gasteiger partial charge in [0.1, 0.15) is 5.75 Å². The van der Waals surface area contributed by atoms with Crippen molar-refractivity contribution in [2.24, 2.45) is 11.1 Å². The molecule has 1 saturated carbocycles. The van der Waals surface area contributed by atoms with Crippen LogP contribution in [0.1, 0.15) is 19.3 Å². The first-order valence-corrected chi connectivity index (χ1v) is 6.72. The van der Waals surface area contributed by atoms with Gasteiger partial charge in [-0.3, -0.25) is 5.41 Å². The van der Waals surface area contributed by atoms with Gasteiger partial charge in [0, 0.05) is 17.1 Å². The molecule has 2 rings (SSSR count). The highest BCUT2D eigenvalue weighted by Gasteiger charge is 2.42. The number of ether oxygens (including phenoxy) is 1. The summed E-state index contributed by atoms with van der Waals surface area (Å²) in [5.74, 6) is 2.25. The van der Waals surface area contributed by atoms with Gasteiger partial charge >= 0.3 is 0 Å². The van der Waals surface area contributed by atoms with Crippen LogP contribution in [0.2, 0.25) is 0 Å². The number of nitrogens with two attached hydrogens (primary N) is 1. The molecule has 0 amide bonds. The maximum Gasteiger partial charge on any atom is 0.119 e. The first kappa shape index (κ1) is 12.3. The van der Waals surface area contributed by atoms with E-state index in [1.807, 2.05) is 23.9 Å². The van der Waals surface area contributed by atoms with Crippen LogP contribution in [0.25, 0.3) is 0 Å². The lowest BCUT2D eigenvalue weighted by molar-refractivity contribution is 0.413. The summed E-state index contributed by atoms with van der Waals surface area (Å²) in [7, 11) is 1.68. The van der Waals surface area contributed by atoms with Gasteiger partial charge in [-0.25, -0.2) is 0 Å². The summed E-state index contributed by atoms with van der Waals surface area (Å²) in [5.41, 5.74) is 5.78. The second-order valence-corrected chi connectivity index (χ2v) is 5.72. The van der Waals surface area contributed by atoms with E-state index in [0.717, 1.165) is 17.9 Å². The Balaban J connectivity index is 1.91. The molecule has 3 nitrogen and oxygen atoms in total. The SMILES string of the molecule is COc1cccc(SCC2(CC(=N)N)CC2)c1. The van der Waals surface area contributed by atoms with Gasteiger partial charge in [0.15, 0.2) is 0 Å². The van der Waals surface area contributed by atoms with E-state index in [1.54, 1.807) is 7.11 Å². The van der Waals surface area contributed by atoms with E-state index in [-0.39, 0.29) is 0 Å². The first-order chi connectivity index (χ1) is 8.13. The zero-order valence-electron chi connectivity index (χ0n) is 10.0. The number of amidine groups is 1. The normalized spacial score (nSPS) is 16.5. The van der Waals surface area contributed by atoms with Gasteiger partial charge in [-0.15, -0.1) is 11.8 Å². The van der Waals surface area contributed by atoms with Crippen molar-refractivity contribution in [1.29, 1.82) is 5.41 Å². The fourth-order valence-electron chi connectivity index (χ4n) is 1.88. The maximum atomic E-state index is 7.39. The molecule has 0 atom stereocenters. The molecule has 1 aliphatic rings. The van der Waals surface area contributed by atoms with Crippen molar-refractivity contribution in [2.45, 2.75) is 24.2 Å². The average Bonchev–Trinajstić information content (AvgIpc) is 3.06. The minimum Gasteiger partial charge on any atom is -0.497 e. The molecule has 1 aromatic rings. The average molecular weight is 250 g/mol. The molecule has 1 aromatic carbocycles. The Morgan fingerprint density at radius 3 is 2.88 bits per heavy atom. The van der Waals surface area contributed by atoms with Crippen molar-refractivity contribution in [1.82, 2.24) is 0 Å². The van der Waals surface area contributed by atoms with Crippen molar-refractivity contribution in [3.8, 4) is 5.75 Å². The third-order valence-electron chi connectivity index (χ3n) is 3.11. The van der Waals surface area contributed by atoms with Crippen molar-refractivity contribution in [2.75, 3.05) is 12.9 Å². The van der Waals surface area contributed by atoms with Crippen LogP contribution in [0.4, 0.5) is 0 Å². The lowest BCUT2D eigenvalue weighted by atomic mass is 10.1. The minimum atomic E-state index is 0.291. The Hall–Kier alpha value is -1.16. The second kappa shape index (κ2) is 5.00. The van der Waals surface area contributed by atoms with E-state index in [0.29, 0.717) is 11.3 Å². The molecular weight excluding hydrogens is 232 g/mol. The largest absolute Gasteiger partial charge is 0.497 e. The predicted octanol–water partition coefficient (Wildman–Crippen LogP) is 2.89. The fraction of sp³-hybridized carbons (Fsp3) is 0.462. The quantitative estimate of drug-likeness (QED) is 0.463. The molecule has 0 saturated heterocycles. The maximum absolute atomic E-state index is 7.39. The van der Waals surface area contributed by atoms with Crippen molar-refractivity contribution >= 4 is 17.6 Å². The van der Waals surface area contributed by atoms with E-state index in [2.05, 4.69) is 12.1 Å². The molecule has 17 heavy (non-hydrogen) atoms. The van der Waals surface area contributed by atoms with Crippen LogP contribution >= 0.6 is 11.8 Å². The number of thioether (sulfide) groups is 1. The molecule has 1 aliphatic carbocycles. The Kier molecular flexibility index (Phi) is 3.62. The first-order valence-electron chi connectivity index (χ1n) is 5.73. The van der Waals surface area contributed by atoms with Gasteiger partial charge in [-0.05, 0) is 36.5 Å². The third kappa shape index (κ3) is 3.40. The highest BCUT2D eigenvalue weighted by atomic mass is 32.2. The second-order valence-electron chi connectivity index (χ2n) is 4.67. The van der Waals surface area contributed by atoms with Crippen LogP contribution in [0, 0.1) is 10.8 Å². The van der Waals surface area contributed by atoms with Crippen molar-refractivity contribution in [3.63, 3.8) is 0 Å². The van der Waals surface area contributed by atoms with Gasteiger partial charge in [-0.1, -0.05) is 6.07 Å². The van der Waals surface area contributed by atoms with Gasteiger partial charge < -0.3 is 10.5 Å². The zero-order chi connectivity index (χ0) is 12.3. The van der Waals surface area contributed by atoms with E-state index in [4.69, 9.17) is 15.9 Å². The summed E-state index contributed by atoms with van der Waals surface area (Å²) >= 11 is 1.83. The van der Waals surface area contributed by atoms with Gasteiger partial charge in [-0.2, -0.15) is 0 Å². The fourth-order valence-corrected chi connectivity index (χ4v) is 3.12. The summed E-state index contributed by atoms with van der Waals surface area (Å²) in [5, 5.41) is 7.39. The number of hydrogen-bond donors (Lipinski definition) is 2. The predicted molar refractivity (Wildman–Crippen MR) is 71.9 cm³/mol. The zero-order valence-corrected chi connectivity index (χ0v) is 10.8. The van der Waals surface area contributed by atoms with Crippen LogP contribution in [-0.4, -0.2) is 18.7 Å². The number of hydrogen-bond acceptors (Lipinski definition) is 3. The van der Waals surface area contributed by atoms with Crippen molar-refractivity contribution in [3.05, 3.63) is 24.3 Å². The molecule has 0 aliphatic heterocycles. The van der Waals surface area contributed by atoms with Gasteiger partial charge in [0.2, 0.25) is 0 Å². The summed E-state index contributed by atoms with van der Waals surface area (Å²) in [6, 6.07) is 8.10. The summed E-state index contributed by atoms with van der Waals surface area (Å²) in [4.78, 5) is 1.22. The van der Waals surface area contributed by atoms with Crippen LogP contribution in [0.5, 0.6) is 5.75 Å². The monoisotopic (exact) mass is 250 g/mol. The Morgan fingerprint density at radius 1 is 1.53 bits per heavy atom. The highest BCUT2D eigenvalue weighted by molar-refractivity contribution is 7.99. The van der Waals surface area contributed by atoms with Crippen LogP contribution in [0.3, 0.4) is 0 Å². The summed E-state index contributed by atoms with van der Waals surface area (Å²) < 4.78 is 5.20. The molecule has 0 aromatic heterocycles. The van der Waals surface area contributed by atoms with Crippen LogP contribution in [0.15, 0.2) is 29.2 Å². The smallest absolute Gasteiger partial charge is 0.119 e. The van der Waals surface area contributed by atoms with E-state index < -0.39 is 0 Å².